The van der Waals surface area contributed by atoms with E-state index in [9.17, 15) is 36.2 Å². The Morgan fingerprint density at radius 1 is 1.09 bits per heavy atom. The van der Waals surface area contributed by atoms with E-state index < -0.39 is 36.4 Å². The number of aliphatic imine (C=N–C) groups is 1. The molecule has 1 saturated carbocycles. The smallest absolute Gasteiger partial charge is 0.416 e. The molecule has 0 bridgehead atoms. The van der Waals surface area contributed by atoms with Gasteiger partial charge < -0.3 is 15.3 Å². The van der Waals surface area contributed by atoms with E-state index in [2.05, 4.69) is 15.6 Å². The average Bonchev–Trinajstić information content (AvgIpc) is 3.57. The first-order chi connectivity index (χ1) is 21.2. The number of rotatable bonds is 8. The zero-order chi connectivity index (χ0) is 32.4. The van der Waals surface area contributed by atoms with Crippen LogP contribution in [0, 0.1) is 5.92 Å². The van der Waals surface area contributed by atoms with Crippen molar-refractivity contribution in [2.45, 2.75) is 63.0 Å². The molecule has 1 aliphatic carbocycles. The lowest BCUT2D eigenvalue weighted by Gasteiger charge is -2.33. The summed E-state index contributed by atoms with van der Waals surface area (Å²) in [5, 5.41) is 18.8. The quantitative estimate of drug-likeness (QED) is 0.161. The van der Waals surface area contributed by atoms with Crippen LogP contribution in [0.5, 0.6) is 0 Å². The zero-order valence-corrected chi connectivity index (χ0v) is 24.3. The first-order valence-electron chi connectivity index (χ1n) is 14.5. The van der Waals surface area contributed by atoms with E-state index in [4.69, 9.17) is 4.52 Å². The zero-order valence-electron chi connectivity index (χ0n) is 24.3. The molecule has 1 N–H and O–H groups in total. The fourth-order valence-corrected chi connectivity index (χ4v) is 6.03. The minimum Gasteiger partial charge on any atom is -0.846 e. The van der Waals surface area contributed by atoms with Gasteiger partial charge in [-0.3, -0.25) is 14.2 Å². The third-order valence-corrected chi connectivity index (χ3v) is 8.24. The van der Waals surface area contributed by atoms with Gasteiger partial charge >= 0.3 is 18.2 Å². The van der Waals surface area contributed by atoms with Gasteiger partial charge in [-0.1, -0.05) is 35.0 Å². The van der Waals surface area contributed by atoms with Crippen molar-refractivity contribution >= 4 is 29.2 Å². The summed E-state index contributed by atoms with van der Waals surface area (Å²) in [6, 6.07) is 10.7. The Labute approximate surface area is 255 Å². The van der Waals surface area contributed by atoms with E-state index in [1.165, 1.54) is 33.8 Å². The maximum Gasteiger partial charge on any atom is 0.416 e. The molecule has 9 nitrogen and oxygen atoms in total. The number of benzene rings is 2. The first kappa shape index (κ1) is 32.3. The number of amidine groups is 1. The molecule has 3 aromatic rings. The molecule has 45 heavy (non-hydrogen) atoms. The van der Waals surface area contributed by atoms with Crippen molar-refractivity contribution in [1.29, 1.82) is 0 Å². The number of hydrogen-bond acceptors (Lipinski definition) is 6. The number of carbonyl (C=O) groups excluding carboxylic acids is 1. The molecule has 2 aromatic carbocycles. The largest absolute Gasteiger partial charge is 0.846 e. The third-order valence-electron chi connectivity index (χ3n) is 8.24. The van der Waals surface area contributed by atoms with Crippen LogP contribution in [0.25, 0.3) is 0 Å². The lowest BCUT2D eigenvalue weighted by molar-refractivity contribution is -0.767. The summed E-state index contributed by atoms with van der Waals surface area (Å²) < 4.78 is 85.9. The van der Waals surface area contributed by atoms with Crippen LogP contribution in [-0.4, -0.2) is 54.5 Å². The highest BCUT2D eigenvalue weighted by Gasteiger charge is 2.37. The van der Waals surface area contributed by atoms with Crippen molar-refractivity contribution in [3.05, 3.63) is 65.9 Å². The Bertz CT molecular complexity index is 1500. The summed E-state index contributed by atoms with van der Waals surface area (Å²) in [5.41, 5.74) is -0.470. The van der Waals surface area contributed by atoms with E-state index >= 15 is 0 Å². The minimum absolute atomic E-state index is 0.000356. The molecule has 242 valence electrons. The number of aromatic nitrogens is 2. The van der Waals surface area contributed by atoms with Crippen LogP contribution >= 0.6 is 0 Å². The fourth-order valence-electron chi connectivity index (χ4n) is 6.03. The van der Waals surface area contributed by atoms with Crippen molar-refractivity contribution in [2.75, 3.05) is 30.4 Å². The van der Waals surface area contributed by atoms with Crippen LogP contribution < -0.4 is 20.0 Å². The van der Waals surface area contributed by atoms with Crippen molar-refractivity contribution in [3.8, 4) is 0 Å². The van der Waals surface area contributed by atoms with Crippen LogP contribution in [0.3, 0.4) is 0 Å². The Hall–Kier alpha value is -4.14. The van der Waals surface area contributed by atoms with Gasteiger partial charge in [0.2, 0.25) is 11.2 Å². The van der Waals surface area contributed by atoms with Gasteiger partial charge in [-0.25, -0.2) is 4.99 Å². The molecule has 0 unspecified atom stereocenters. The average molecular weight is 639 g/mol. The van der Waals surface area contributed by atoms with Crippen LogP contribution in [0.4, 0.5) is 43.6 Å². The molecule has 1 atom stereocenters. The normalized spacial score (nSPS) is 21.5. The van der Waals surface area contributed by atoms with Crippen molar-refractivity contribution < 1.29 is 45.4 Å². The predicted molar refractivity (Wildman–Crippen MR) is 149 cm³/mol. The Kier molecular flexibility index (Phi) is 9.37. The lowest BCUT2D eigenvalue weighted by Crippen LogP contribution is -2.44. The van der Waals surface area contributed by atoms with Crippen LogP contribution in [-0.2, 0) is 17.5 Å². The third kappa shape index (κ3) is 8.32. The molecular weight excluding hydrogens is 606 g/mol. The topological polar surface area (TPSA) is 101 Å². The van der Waals surface area contributed by atoms with E-state index in [1.54, 1.807) is 24.3 Å². The molecule has 2 aliphatic rings. The summed E-state index contributed by atoms with van der Waals surface area (Å²) in [6.45, 7) is -0.344. The number of anilines is 2. The second-order valence-corrected chi connectivity index (χ2v) is 11.5. The molecule has 1 saturated heterocycles. The molecule has 5 rings (SSSR count). The van der Waals surface area contributed by atoms with Gasteiger partial charge in [0.15, 0.2) is 6.54 Å². The standard InChI is InChI=1S/C30H32F6N6O3/c1-40(18-29(31,32)33)23-9-7-19(8-10-23)16-41-17-26(45-39-41)38-28(44)37-22-13-21(30(34,35)36)14-24(15-22)42-12-11-25(27(42)43)20-5-3-2-4-6-20/h2-6,13-15,17,19,23,25H,7-12,16,18H2,1H3,(H-,37,38,39,44)/t19?,23?,25-/m1/s1. The number of amides is 1. The van der Waals surface area contributed by atoms with Crippen molar-refractivity contribution in [1.82, 2.24) is 10.2 Å². The fraction of sp³-hybridized carbons (Fsp3) is 0.467. The van der Waals surface area contributed by atoms with Gasteiger partial charge in [-0.05, 0) is 62.9 Å². The number of alkyl halides is 6. The summed E-state index contributed by atoms with van der Waals surface area (Å²) in [6.07, 6.45) is -4.63. The van der Waals surface area contributed by atoms with E-state index in [1.807, 2.05) is 6.07 Å². The molecular formula is C30H32F6N6O3. The highest BCUT2D eigenvalue weighted by molar-refractivity contribution is 6.01. The highest BCUT2D eigenvalue weighted by atomic mass is 19.4. The van der Waals surface area contributed by atoms with Gasteiger partial charge in [0.25, 0.3) is 6.20 Å². The van der Waals surface area contributed by atoms with Crippen molar-refractivity contribution in [3.63, 3.8) is 0 Å². The van der Waals surface area contributed by atoms with E-state index in [-0.39, 0.29) is 41.7 Å². The molecule has 1 aliphatic heterocycles. The molecule has 1 aromatic heterocycles. The number of carbonyl (C=O) groups is 1. The Morgan fingerprint density at radius 3 is 2.47 bits per heavy atom. The van der Waals surface area contributed by atoms with Crippen LogP contribution in [0.15, 0.2) is 64.2 Å². The number of nitrogens with one attached hydrogen (secondary N) is 1. The summed E-state index contributed by atoms with van der Waals surface area (Å²) in [4.78, 5) is 19.5. The Balaban J connectivity index is 1.23. The summed E-state index contributed by atoms with van der Waals surface area (Å²) in [7, 11) is 1.47. The number of nitrogens with zero attached hydrogens (tertiary/aromatic N) is 5. The molecule has 2 fully saturated rings. The van der Waals surface area contributed by atoms with E-state index in [0.29, 0.717) is 38.6 Å². The molecule has 1 amide bonds. The van der Waals surface area contributed by atoms with Crippen LogP contribution in [0.2, 0.25) is 0 Å². The predicted octanol–water partition coefficient (Wildman–Crippen LogP) is 5.01. The second kappa shape index (κ2) is 13.1. The van der Waals surface area contributed by atoms with Gasteiger partial charge in [0.05, 0.1) is 24.0 Å². The monoisotopic (exact) mass is 638 g/mol. The maximum atomic E-state index is 13.8. The molecule has 2 heterocycles. The van der Waals surface area contributed by atoms with Crippen LogP contribution in [0.1, 0.15) is 49.1 Å². The summed E-state index contributed by atoms with van der Waals surface area (Å²) >= 11 is 0. The Morgan fingerprint density at radius 2 is 1.80 bits per heavy atom. The van der Waals surface area contributed by atoms with Gasteiger partial charge in [-0.2, -0.15) is 26.3 Å². The first-order valence-corrected chi connectivity index (χ1v) is 14.5. The van der Waals surface area contributed by atoms with E-state index in [0.717, 1.165) is 17.7 Å². The number of halogens is 6. The maximum absolute atomic E-state index is 13.8. The second-order valence-electron chi connectivity index (χ2n) is 11.5. The highest BCUT2D eigenvalue weighted by Crippen LogP contribution is 2.38. The molecule has 0 spiro atoms. The minimum atomic E-state index is -4.74. The molecule has 0 radical (unpaired) electrons. The lowest BCUT2D eigenvalue weighted by atomic mass is 9.85. The van der Waals surface area contributed by atoms with Gasteiger partial charge in [-0.15, -0.1) is 0 Å². The molecule has 15 heteroatoms. The number of hydrogen-bond donors (Lipinski definition) is 1. The van der Waals surface area contributed by atoms with Gasteiger partial charge in [0, 0.05) is 29.9 Å². The van der Waals surface area contributed by atoms with Gasteiger partial charge in [0.1, 0.15) is 0 Å². The SMILES string of the molecule is CN(CC(F)(F)F)C1CCC(C[n+]2cc(N=C([O-])Nc3cc(N4CC[C@H](c5ccccc5)C4=O)cc(C(F)(F)F)c3)on2)CC1. The summed E-state index contributed by atoms with van der Waals surface area (Å²) in [5.74, 6) is -0.873. The van der Waals surface area contributed by atoms with Crippen molar-refractivity contribution in [2.24, 2.45) is 10.9 Å².